The third-order valence-corrected chi connectivity index (χ3v) is 5.85. The molecule has 5 rings (SSSR count). The number of thiazole rings is 1. The van der Waals surface area contributed by atoms with Crippen molar-refractivity contribution in [2.24, 2.45) is 0 Å². The Morgan fingerprint density at radius 3 is 3.00 bits per heavy atom. The molecule has 2 fully saturated rings. The standard InChI is InChI=1S/C19H19N5OS/c25-18(13-3-4-16-17(9-13)26-11-21-16)22-14-6-8-24(10-14)19-20-7-5-15(23-19)12-1-2-12/h3-5,7,9,11-12,14H,1-2,6,8,10H2,(H,22,25). The maximum absolute atomic E-state index is 12.6. The lowest BCUT2D eigenvalue weighted by atomic mass is 10.2. The Bertz CT molecular complexity index is 967. The fraction of sp³-hybridized carbons (Fsp3) is 0.368. The number of amides is 1. The lowest BCUT2D eigenvalue weighted by Crippen LogP contribution is -2.37. The van der Waals surface area contributed by atoms with Crippen LogP contribution in [0.2, 0.25) is 0 Å². The molecular weight excluding hydrogens is 346 g/mol. The van der Waals surface area contributed by atoms with E-state index in [1.165, 1.54) is 12.8 Å². The number of nitrogens with zero attached hydrogens (tertiary/aromatic N) is 4. The molecule has 3 heterocycles. The molecule has 1 aromatic carbocycles. The lowest BCUT2D eigenvalue weighted by molar-refractivity contribution is 0.0940. The summed E-state index contributed by atoms with van der Waals surface area (Å²) in [4.78, 5) is 28.2. The quantitative estimate of drug-likeness (QED) is 0.770. The molecule has 6 nitrogen and oxygen atoms in total. The molecule has 0 radical (unpaired) electrons. The predicted molar refractivity (Wildman–Crippen MR) is 102 cm³/mol. The van der Waals surface area contributed by atoms with Crippen LogP contribution >= 0.6 is 11.3 Å². The van der Waals surface area contributed by atoms with Crippen LogP contribution in [0.5, 0.6) is 0 Å². The Labute approximate surface area is 155 Å². The number of rotatable bonds is 4. The van der Waals surface area contributed by atoms with Crippen molar-refractivity contribution in [3.8, 4) is 0 Å². The van der Waals surface area contributed by atoms with E-state index in [-0.39, 0.29) is 11.9 Å². The van der Waals surface area contributed by atoms with Crippen molar-refractivity contribution in [1.29, 1.82) is 0 Å². The van der Waals surface area contributed by atoms with Gasteiger partial charge in [-0.3, -0.25) is 4.79 Å². The minimum absolute atomic E-state index is 0.0280. The summed E-state index contributed by atoms with van der Waals surface area (Å²) in [7, 11) is 0. The number of aromatic nitrogens is 3. The van der Waals surface area contributed by atoms with Crippen LogP contribution in [0.25, 0.3) is 10.2 Å². The highest BCUT2D eigenvalue weighted by atomic mass is 32.1. The van der Waals surface area contributed by atoms with Gasteiger partial charge in [0.2, 0.25) is 5.95 Å². The van der Waals surface area contributed by atoms with Gasteiger partial charge in [0.15, 0.2) is 0 Å². The van der Waals surface area contributed by atoms with Crippen LogP contribution in [0.1, 0.15) is 41.2 Å². The van der Waals surface area contributed by atoms with E-state index in [9.17, 15) is 4.79 Å². The Morgan fingerprint density at radius 2 is 2.12 bits per heavy atom. The van der Waals surface area contributed by atoms with Gasteiger partial charge in [-0.2, -0.15) is 0 Å². The van der Waals surface area contributed by atoms with Crippen molar-refractivity contribution in [3.05, 3.63) is 47.2 Å². The number of carbonyl (C=O) groups is 1. The fourth-order valence-electron chi connectivity index (χ4n) is 3.45. The lowest BCUT2D eigenvalue weighted by Gasteiger charge is -2.17. The molecular formula is C19H19N5OS. The molecule has 1 amide bonds. The first-order valence-corrected chi connectivity index (χ1v) is 9.86. The smallest absolute Gasteiger partial charge is 0.251 e. The SMILES string of the molecule is O=C(NC1CCN(c2nccc(C3CC3)n2)C1)c1ccc2ncsc2c1. The number of hydrogen-bond donors (Lipinski definition) is 1. The van der Waals surface area contributed by atoms with Gasteiger partial charge >= 0.3 is 0 Å². The van der Waals surface area contributed by atoms with Gasteiger partial charge < -0.3 is 10.2 Å². The van der Waals surface area contributed by atoms with Crippen molar-refractivity contribution >= 4 is 33.4 Å². The second-order valence-corrected chi connectivity index (χ2v) is 7.88. The van der Waals surface area contributed by atoms with Gasteiger partial charge in [0.1, 0.15) is 0 Å². The van der Waals surface area contributed by atoms with E-state index in [1.807, 2.05) is 30.5 Å². The highest BCUT2D eigenvalue weighted by Crippen LogP contribution is 2.39. The topological polar surface area (TPSA) is 71.0 Å². The normalized spacial score (nSPS) is 19.8. The third-order valence-electron chi connectivity index (χ3n) is 5.06. The Hall–Kier alpha value is -2.54. The van der Waals surface area contributed by atoms with E-state index in [0.717, 1.165) is 41.4 Å². The van der Waals surface area contributed by atoms with Crippen molar-refractivity contribution in [3.63, 3.8) is 0 Å². The number of benzene rings is 1. The molecule has 1 unspecified atom stereocenters. The molecule has 132 valence electrons. The van der Waals surface area contributed by atoms with E-state index < -0.39 is 0 Å². The third kappa shape index (κ3) is 3.03. The molecule has 3 aromatic rings. The van der Waals surface area contributed by atoms with Crippen molar-refractivity contribution in [1.82, 2.24) is 20.3 Å². The van der Waals surface area contributed by atoms with E-state index in [4.69, 9.17) is 4.98 Å². The Balaban J connectivity index is 1.25. The summed E-state index contributed by atoms with van der Waals surface area (Å²) in [6.45, 7) is 1.62. The molecule has 2 aliphatic rings. The summed E-state index contributed by atoms with van der Waals surface area (Å²) in [5.41, 5.74) is 4.58. The summed E-state index contributed by atoms with van der Waals surface area (Å²) < 4.78 is 1.04. The van der Waals surface area contributed by atoms with Gasteiger partial charge in [0.05, 0.1) is 15.7 Å². The zero-order valence-corrected chi connectivity index (χ0v) is 15.1. The van der Waals surface area contributed by atoms with Crippen LogP contribution in [0.4, 0.5) is 5.95 Å². The molecule has 2 aromatic heterocycles. The van der Waals surface area contributed by atoms with Crippen LogP contribution < -0.4 is 10.2 Å². The fourth-order valence-corrected chi connectivity index (χ4v) is 4.16. The number of anilines is 1. The van der Waals surface area contributed by atoms with Gasteiger partial charge in [-0.1, -0.05) is 0 Å². The minimum Gasteiger partial charge on any atom is -0.347 e. The summed E-state index contributed by atoms with van der Waals surface area (Å²) in [5, 5.41) is 3.15. The zero-order valence-electron chi connectivity index (χ0n) is 14.3. The van der Waals surface area contributed by atoms with E-state index in [0.29, 0.717) is 11.5 Å². The van der Waals surface area contributed by atoms with Gasteiger partial charge in [-0.25, -0.2) is 15.0 Å². The Morgan fingerprint density at radius 1 is 1.19 bits per heavy atom. The second kappa shape index (κ2) is 6.32. The van der Waals surface area contributed by atoms with Crippen LogP contribution in [-0.4, -0.2) is 40.0 Å². The van der Waals surface area contributed by atoms with Gasteiger partial charge in [-0.15, -0.1) is 11.3 Å². The van der Waals surface area contributed by atoms with Crippen molar-refractivity contribution in [2.45, 2.75) is 31.2 Å². The first-order valence-electron chi connectivity index (χ1n) is 8.98. The van der Waals surface area contributed by atoms with Gasteiger partial charge in [0, 0.05) is 42.5 Å². The molecule has 26 heavy (non-hydrogen) atoms. The van der Waals surface area contributed by atoms with Gasteiger partial charge in [-0.05, 0) is 43.5 Å². The first kappa shape index (κ1) is 15.7. The van der Waals surface area contributed by atoms with Crippen molar-refractivity contribution in [2.75, 3.05) is 18.0 Å². The molecule has 1 saturated heterocycles. The molecule has 0 spiro atoms. The number of hydrogen-bond acceptors (Lipinski definition) is 6. The summed E-state index contributed by atoms with van der Waals surface area (Å²) >= 11 is 1.55. The molecule has 1 saturated carbocycles. The molecule has 0 bridgehead atoms. The molecule has 1 aliphatic heterocycles. The van der Waals surface area contributed by atoms with E-state index >= 15 is 0 Å². The number of nitrogens with one attached hydrogen (secondary N) is 1. The minimum atomic E-state index is -0.0280. The molecule has 7 heteroatoms. The largest absolute Gasteiger partial charge is 0.347 e. The average Bonchev–Trinajstić information content (AvgIpc) is 3.23. The monoisotopic (exact) mass is 365 g/mol. The zero-order chi connectivity index (χ0) is 17.5. The summed E-state index contributed by atoms with van der Waals surface area (Å²) in [5.74, 6) is 1.38. The second-order valence-electron chi connectivity index (χ2n) is 7.00. The molecule has 1 aliphatic carbocycles. The summed E-state index contributed by atoms with van der Waals surface area (Å²) in [6.07, 6.45) is 5.23. The highest BCUT2D eigenvalue weighted by Gasteiger charge is 2.29. The van der Waals surface area contributed by atoms with Crippen LogP contribution in [-0.2, 0) is 0 Å². The first-order chi connectivity index (χ1) is 12.8. The Kier molecular flexibility index (Phi) is 3.81. The maximum Gasteiger partial charge on any atom is 0.251 e. The van der Waals surface area contributed by atoms with E-state index in [1.54, 1.807) is 16.8 Å². The summed E-state index contributed by atoms with van der Waals surface area (Å²) in [6, 6.07) is 7.79. The predicted octanol–water partition coefficient (Wildman–Crippen LogP) is 2.97. The molecule has 1 atom stereocenters. The number of fused-ring (bicyclic) bond motifs is 1. The van der Waals surface area contributed by atoms with Crippen LogP contribution in [0.15, 0.2) is 36.0 Å². The molecule has 1 N–H and O–H groups in total. The van der Waals surface area contributed by atoms with Gasteiger partial charge in [0.25, 0.3) is 5.91 Å². The van der Waals surface area contributed by atoms with Crippen LogP contribution in [0, 0.1) is 0 Å². The maximum atomic E-state index is 12.6. The highest BCUT2D eigenvalue weighted by molar-refractivity contribution is 7.16. The van der Waals surface area contributed by atoms with E-state index in [2.05, 4.69) is 20.2 Å². The average molecular weight is 365 g/mol. The van der Waals surface area contributed by atoms with Crippen LogP contribution in [0.3, 0.4) is 0 Å². The number of carbonyl (C=O) groups excluding carboxylic acids is 1. The van der Waals surface area contributed by atoms with Crippen molar-refractivity contribution < 1.29 is 4.79 Å².